The van der Waals surface area contributed by atoms with Gasteiger partial charge in [0.05, 0.1) is 11.1 Å². The number of nitrogens with two attached hydrogens (primary N) is 1. The second-order valence-corrected chi connectivity index (χ2v) is 5.94. The number of hydrogen-bond acceptors (Lipinski definition) is 4. The first-order valence-electron chi connectivity index (χ1n) is 7.05. The summed E-state index contributed by atoms with van der Waals surface area (Å²) >= 11 is 6.15. The van der Waals surface area contributed by atoms with Gasteiger partial charge in [0, 0.05) is 18.9 Å². The SMILES string of the molecule is CC(C)Oc1ccc(NC(=O)C2(N)CCOCC2)cc1Cl.Cl. The molecule has 0 aromatic heterocycles. The minimum absolute atomic E-state index is 0. The molecule has 0 atom stereocenters. The maximum absolute atomic E-state index is 12.3. The summed E-state index contributed by atoms with van der Waals surface area (Å²) in [5, 5.41) is 3.27. The maximum Gasteiger partial charge on any atom is 0.244 e. The molecule has 0 unspecified atom stereocenters. The van der Waals surface area contributed by atoms with E-state index in [-0.39, 0.29) is 24.4 Å². The number of hydrogen-bond donors (Lipinski definition) is 2. The fourth-order valence-electron chi connectivity index (χ4n) is 2.15. The van der Waals surface area contributed by atoms with Crippen LogP contribution in [0.1, 0.15) is 26.7 Å². The molecule has 1 heterocycles. The van der Waals surface area contributed by atoms with Gasteiger partial charge in [-0.05, 0) is 44.9 Å². The van der Waals surface area contributed by atoms with Gasteiger partial charge in [-0.15, -0.1) is 12.4 Å². The zero-order valence-corrected chi connectivity index (χ0v) is 14.3. The number of carbonyl (C=O) groups excluding carboxylic acids is 1. The van der Waals surface area contributed by atoms with Crippen molar-refractivity contribution in [2.45, 2.75) is 38.3 Å². The Bertz CT molecular complexity index is 518. The van der Waals surface area contributed by atoms with Crippen molar-refractivity contribution in [3.05, 3.63) is 23.2 Å². The average molecular weight is 349 g/mol. The molecule has 22 heavy (non-hydrogen) atoms. The molecule has 0 radical (unpaired) electrons. The van der Waals surface area contributed by atoms with Gasteiger partial charge in [-0.3, -0.25) is 4.79 Å². The summed E-state index contributed by atoms with van der Waals surface area (Å²) in [5.74, 6) is 0.387. The number of halogens is 2. The normalized spacial score (nSPS) is 16.8. The van der Waals surface area contributed by atoms with Gasteiger partial charge in [-0.25, -0.2) is 0 Å². The highest BCUT2D eigenvalue weighted by Crippen LogP contribution is 2.29. The summed E-state index contributed by atoms with van der Waals surface area (Å²) in [6.07, 6.45) is 1.07. The van der Waals surface area contributed by atoms with Crippen molar-refractivity contribution in [2.75, 3.05) is 18.5 Å². The third kappa shape index (κ3) is 4.74. The number of amides is 1. The molecule has 7 heteroatoms. The number of nitrogens with one attached hydrogen (secondary N) is 1. The topological polar surface area (TPSA) is 73.6 Å². The highest BCUT2D eigenvalue weighted by Gasteiger charge is 2.35. The lowest BCUT2D eigenvalue weighted by Gasteiger charge is -2.31. The van der Waals surface area contributed by atoms with Gasteiger partial charge in [-0.2, -0.15) is 0 Å². The van der Waals surface area contributed by atoms with Crippen LogP contribution in [0.4, 0.5) is 5.69 Å². The zero-order valence-electron chi connectivity index (χ0n) is 12.7. The first kappa shape index (κ1) is 19.0. The number of ether oxygens (including phenoxy) is 2. The predicted octanol–water partition coefficient (Wildman–Crippen LogP) is 3.00. The molecular weight excluding hydrogens is 327 g/mol. The van der Waals surface area contributed by atoms with E-state index in [4.69, 9.17) is 26.8 Å². The van der Waals surface area contributed by atoms with Crippen molar-refractivity contribution in [1.29, 1.82) is 0 Å². The molecular formula is C15H22Cl2N2O3. The Balaban J connectivity index is 0.00000242. The molecule has 1 aromatic rings. The van der Waals surface area contributed by atoms with E-state index >= 15 is 0 Å². The largest absolute Gasteiger partial charge is 0.489 e. The lowest BCUT2D eigenvalue weighted by molar-refractivity contribution is -0.124. The molecule has 1 aromatic carbocycles. The first-order valence-corrected chi connectivity index (χ1v) is 7.43. The molecule has 1 aliphatic heterocycles. The summed E-state index contributed by atoms with van der Waals surface area (Å²) in [5.41, 5.74) is 5.87. The lowest BCUT2D eigenvalue weighted by atomic mass is 9.90. The summed E-state index contributed by atoms with van der Waals surface area (Å²) in [6.45, 7) is 4.86. The maximum atomic E-state index is 12.3. The molecule has 5 nitrogen and oxygen atoms in total. The molecule has 2 rings (SSSR count). The lowest BCUT2D eigenvalue weighted by Crippen LogP contribution is -2.54. The highest BCUT2D eigenvalue weighted by molar-refractivity contribution is 6.32. The Morgan fingerprint density at radius 2 is 2.05 bits per heavy atom. The van der Waals surface area contributed by atoms with E-state index in [9.17, 15) is 4.79 Å². The number of carbonyl (C=O) groups is 1. The van der Waals surface area contributed by atoms with Gasteiger partial charge in [0.15, 0.2) is 0 Å². The molecule has 3 N–H and O–H groups in total. The van der Waals surface area contributed by atoms with E-state index < -0.39 is 5.54 Å². The van der Waals surface area contributed by atoms with Crippen molar-refractivity contribution < 1.29 is 14.3 Å². The zero-order chi connectivity index (χ0) is 15.5. The Morgan fingerprint density at radius 1 is 1.41 bits per heavy atom. The Hall–Kier alpha value is -1.01. The molecule has 0 saturated carbocycles. The standard InChI is InChI=1S/C15H21ClN2O3.ClH/c1-10(2)21-13-4-3-11(9-12(13)16)18-14(19)15(17)5-7-20-8-6-15;/h3-4,9-10H,5-8,17H2,1-2H3,(H,18,19);1H. The van der Waals surface area contributed by atoms with Crippen LogP contribution in [0.25, 0.3) is 0 Å². The van der Waals surface area contributed by atoms with Crippen LogP contribution in [0.3, 0.4) is 0 Å². The second kappa shape index (κ2) is 8.02. The third-order valence-electron chi connectivity index (χ3n) is 3.39. The van der Waals surface area contributed by atoms with Crippen molar-refractivity contribution in [1.82, 2.24) is 0 Å². The van der Waals surface area contributed by atoms with Gasteiger partial charge in [0.1, 0.15) is 11.3 Å². The summed E-state index contributed by atoms with van der Waals surface area (Å²) in [4.78, 5) is 12.3. The van der Waals surface area contributed by atoms with E-state index in [1.165, 1.54) is 0 Å². The van der Waals surface area contributed by atoms with E-state index in [1.54, 1.807) is 18.2 Å². The van der Waals surface area contributed by atoms with E-state index in [1.807, 2.05) is 13.8 Å². The molecule has 0 bridgehead atoms. The van der Waals surface area contributed by atoms with Crippen LogP contribution in [0.2, 0.25) is 5.02 Å². The summed E-state index contributed by atoms with van der Waals surface area (Å²) in [7, 11) is 0. The number of benzene rings is 1. The van der Waals surface area contributed by atoms with Gasteiger partial charge < -0.3 is 20.5 Å². The van der Waals surface area contributed by atoms with E-state index in [0.29, 0.717) is 42.5 Å². The molecule has 124 valence electrons. The van der Waals surface area contributed by atoms with Crippen molar-refractivity contribution in [2.24, 2.45) is 5.73 Å². The first-order chi connectivity index (χ1) is 9.90. The predicted molar refractivity (Wildman–Crippen MR) is 90.1 cm³/mol. The Kier molecular flexibility index (Phi) is 6.94. The highest BCUT2D eigenvalue weighted by atomic mass is 35.5. The summed E-state index contributed by atoms with van der Waals surface area (Å²) < 4.78 is 10.8. The van der Waals surface area contributed by atoms with Crippen molar-refractivity contribution >= 4 is 35.6 Å². The van der Waals surface area contributed by atoms with Crippen molar-refractivity contribution in [3.8, 4) is 5.75 Å². The molecule has 1 amide bonds. The fraction of sp³-hybridized carbons (Fsp3) is 0.533. The molecule has 1 fully saturated rings. The van der Waals surface area contributed by atoms with E-state index in [0.717, 1.165) is 0 Å². The van der Waals surface area contributed by atoms with Crippen LogP contribution in [0.5, 0.6) is 5.75 Å². The number of anilines is 1. The minimum atomic E-state index is -0.877. The quantitative estimate of drug-likeness (QED) is 0.876. The van der Waals surface area contributed by atoms with Crippen LogP contribution in [0, 0.1) is 0 Å². The van der Waals surface area contributed by atoms with Gasteiger partial charge >= 0.3 is 0 Å². The second-order valence-electron chi connectivity index (χ2n) is 5.53. The van der Waals surface area contributed by atoms with Crippen LogP contribution in [-0.2, 0) is 9.53 Å². The molecule has 0 spiro atoms. The minimum Gasteiger partial charge on any atom is -0.489 e. The van der Waals surface area contributed by atoms with Crippen LogP contribution in [-0.4, -0.2) is 30.8 Å². The van der Waals surface area contributed by atoms with Crippen LogP contribution in [0.15, 0.2) is 18.2 Å². The van der Waals surface area contributed by atoms with Crippen LogP contribution >= 0.6 is 24.0 Å². The average Bonchev–Trinajstić information content (AvgIpc) is 2.42. The third-order valence-corrected chi connectivity index (χ3v) is 3.69. The molecule has 1 aliphatic rings. The smallest absolute Gasteiger partial charge is 0.244 e. The summed E-state index contributed by atoms with van der Waals surface area (Å²) in [6, 6.07) is 5.16. The van der Waals surface area contributed by atoms with Crippen LogP contribution < -0.4 is 15.8 Å². The van der Waals surface area contributed by atoms with E-state index in [2.05, 4.69) is 5.32 Å². The Labute approximate surface area is 141 Å². The molecule has 0 aliphatic carbocycles. The van der Waals surface area contributed by atoms with Gasteiger partial charge in [-0.1, -0.05) is 11.6 Å². The monoisotopic (exact) mass is 348 g/mol. The van der Waals surface area contributed by atoms with Gasteiger partial charge in [0.2, 0.25) is 5.91 Å². The number of rotatable bonds is 4. The van der Waals surface area contributed by atoms with Gasteiger partial charge in [0.25, 0.3) is 0 Å². The Morgan fingerprint density at radius 3 is 2.59 bits per heavy atom. The fourth-order valence-corrected chi connectivity index (χ4v) is 2.37. The van der Waals surface area contributed by atoms with Crippen molar-refractivity contribution in [3.63, 3.8) is 0 Å². The molecule has 1 saturated heterocycles.